The molecular formula is C5H9NNa2O4. The van der Waals surface area contributed by atoms with E-state index in [9.17, 15) is 9.59 Å². The molecule has 1 atom stereocenters. The molecule has 2 radical (unpaired) electrons. The van der Waals surface area contributed by atoms with E-state index < -0.39 is 18.0 Å². The van der Waals surface area contributed by atoms with E-state index in [0.29, 0.717) is 0 Å². The molecule has 0 aliphatic rings. The first kappa shape index (κ1) is 18.6. The van der Waals surface area contributed by atoms with Crippen molar-refractivity contribution >= 4 is 71.1 Å². The van der Waals surface area contributed by atoms with E-state index in [1.807, 2.05) is 0 Å². The second-order valence-corrected chi connectivity index (χ2v) is 1.83. The van der Waals surface area contributed by atoms with Crippen LogP contribution in [0.25, 0.3) is 0 Å². The van der Waals surface area contributed by atoms with Crippen LogP contribution in [0.3, 0.4) is 0 Å². The van der Waals surface area contributed by atoms with Crippen molar-refractivity contribution in [1.82, 2.24) is 5.32 Å². The zero-order valence-electron chi connectivity index (χ0n) is 7.50. The SMILES string of the molecule is C[C@H](NCC(=O)O)C(=O)O.[Na].[Na]. The van der Waals surface area contributed by atoms with Crippen LogP contribution < -0.4 is 5.32 Å². The molecule has 0 rings (SSSR count). The second-order valence-electron chi connectivity index (χ2n) is 1.83. The van der Waals surface area contributed by atoms with Crippen molar-refractivity contribution in [3.05, 3.63) is 0 Å². The summed E-state index contributed by atoms with van der Waals surface area (Å²) < 4.78 is 0. The van der Waals surface area contributed by atoms with Gasteiger partial charge in [-0.15, -0.1) is 0 Å². The van der Waals surface area contributed by atoms with Gasteiger partial charge in [0.05, 0.1) is 6.54 Å². The Morgan fingerprint density at radius 1 is 1.33 bits per heavy atom. The number of rotatable bonds is 4. The molecule has 60 valence electrons. The fourth-order valence-corrected chi connectivity index (χ4v) is 0.328. The number of carbonyl (C=O) groups is 2. The maximum Gasteiger partial charge on any atom is 0.320 e. The molecule has 0 aliphatic carbocycles. The van der Waals surface area contributed by atoms with Crippen molar-refractivity contribution in [1.29, 1.82) is 0 Å². The molecule has 0 aromatic heterocycles. The van der Waals surface area contributed by atoms with Gasteiger partial charge < -0.3 is 10.2 Å². The molecule has 0 saturated heterocycles. The van der Waals surface area contributed by atoms with E-state index in [1.165, 1.54) is 6.92 Å². The van der Waals surface area contributed by atoms with Crippen LogP contribution >= 0.6 is 0 Å². The summed E-state index contributed by atoms with van der Waals surface area (Å²) in [7, 11) is 0. The molecule has 0 spiro atoms. The third kappa shape index (κ3) is 10.9. The summed E-state index contributed by atoms with van der Waals surface area (Å²) in [6.07, 6.45) is 0. The number of nitrogens with one attached hydrogen (secondary N) is 1. The Kier molecular flexibility index (Phi) is 15.5. The Morgan fingerprint density at radius 3 is 2.00 bits per heavy atom. The summed E-state index contributed by atoms with van der Waals surface area (Å²) in [5.41, 5.74) is 0. The van der Waals surface area contributed by atoms with Crippen molar-refractivity contribution in [3.8, 4) is 0 Å². The van der Waals surface area contributed by atoms with Gasteiger partial charge in [-0.2, -0.15) is 0 Å². The van der Waals surface area contributed by atoms with Gasteiger partial charge in [0, 0.05) is 59.1 Å². The van der Waals surface area contributed by atoms with E-state index in [0.717, 1.165) is 0 Å². The molecule has 5 nitrogen and oxygen atoms in total. The molecule has 12 heavy (non-hydrogen) atoms. The average molecular weight is 193 g/mol. The molecule has 0 saturated carbocycles. The molecule has 0 fully saturated rings. The van der Waals surface area contributed by atoms with Gasteiger partial charge in [0.2, 0.25) is 0 Å². The molecular weight excluding hydrogens is 184 g/mol. The first-order valence-electron chi connectivity index (χ1n) is 2.72. The van der Waals surface area contributed by atoms with Crippen molar-refractivity contribution < 1.29 is 19.8 Å². The summed E-state index contributed by atoms with van der Waals surface area (Å²) in [6.45, 7) is 1.05. The molecule has 0 unspecified atom stereocenters. The number of aliphatic carboxylic acids is 2. The summed E-state index contributed by atoms with van der Waals surface area (Å²) in [6, 6.07) is -0.809. The topological polar surface area (TPSA) is 86.6 Å². The van der Waals surface area contributed by atoms with Crippen LogP contribution in [0.5, 0.6) is 0 Å². The Balaban J connectivity index is -0.000000405. The minimum Gasteiger partial charge on any atom is -0.480 e. The van der Waals surface area contributed by atoms with E-state index in [4.69, 9.17) is 10.2 Å². The molecule has 3 N–H and O–H groups in total. The maximum atomic E-state index is 10.1. The largest absolute Gasteiger partial charge is 0.480 e. The van der Waals surface area contributed by atoms with Gasteiger partial charge in [0.1, 0.15) is 6.04 Å². The van der Waals surface area contributed by atoms with Gasteiger partial charge in [-0.25, -0.2) is 0 Å². The van der Waals surface area contributed by atoms with Crippen LogP contribution in [0.2, 0.25) is 0 Å². The van der Waals surface area contributed by atoms with Gasteiger partial charge in [0.25, 0.3) is 0 Å². The Hall–Kier alpha value is 0.900. The summed E-state index contributed by atoms with van der Waals surface area (Å²) in [4.78, 5) is 19.9. The average Bonchev–Trinajstić information content (AvgIpc) is 1.82. The number of hydrogen-bond acceptors (Lipinski definition) is 3. The second kappa shape index (κ2) is 9.98. The first-order valence-corrected chi connectivity index (χ1v) is 2.72. The van der Waals surface area contributed by atoms with Gasteiger partial charge in [0.15, 0.2) is 0 Å². The van der Waals surface area contributed by atoms with Crippen LogP contribution in [-0.4, -0.2) is 93.9 Å². The van der Waals surface area contributed by atoms with Crippen molar-refractivity contribution in [2.24, 2.45) is 0 Å². The van der Waals surface area contributed by atoms with Crippen molar-refractivity contribution in [2.45, 2.75) is 13.0 Å². The number of carboxylic acids is 2. The van der Waals surface area contributed by atoms with Crippen molar-refractivity contribution in [3.63, 3.8) is 0 Å². The van der Waals surface area contributed by atoms with Crippen LogP contribution in [0.4, 0.5) is 0 Å². The van der Waals surface area contributed by atoms with Gasteiger partial charge in [-0.05, 0) is 6.92 Å². The summed E-state index contributed by atoms with van der Waals surface area (Å²) in [5, 5.41) is 18.6. The number of hydrogen-bond donors (Lipinski definition) is 3. The van der Waals surface area contributed by atoms with Gasteiger partial charge >= 0.3 is 11.9 Å². The van der Waals surface area contributed by atoms with Gasteiger partial charge in [-0.1, -0.05) is 0 Å². The Morgan fingerprint density at radius 2 is 1.75 bits per heavy atom. The van der Waals surface area contributed by atoms with Gasteiger partial charge in [-0.3, -0.25) is 14.9 Å². The third-order valence-corrected chi connectivity index (χ3v) is 0.930. The fourth-order valence-electron chi connectivity index (χ4n) is 0.328. The van der Waals surface area contributed by atoms with Crippen LogP contribution in [-0.2, 0) is 9.59 Å². The minimum absolute atomic E-state index is 0. The van der Waals surface area contributed by atoms with Crippen LogP contribution in [0, 0.1) is 0 Å². The maximum absolute atomic E-state index is 10.1. The van der Waals surface area contributed by atoms with Crippen molar-refractivity contribution in [2.75, 3.05) is 6.54 Å². The van der Waals surface area contributed by atoms with Crippen LogP contribution in [0.1, 0.15) is 6.92 Å². The Labute approximate surface area is 114 Å². The predicted octanol–water partition coefficient (Wildman–Crippen LogP) is -1.63. The van der Waals surface area contributed by atoms with E-state index in [1.54, 1.807) is 0 Å². The molecule has 7 heteroatoms. The summed E-state index contributed by atoms with van der Waals surface area (Å²) >= 11 is 0. The van der Waals surface area contributed by atoms with Crippen LogP contribution in [0.15, 0.2) is 0 Å². The molecule has 0 aliphatic heterocycles. The first-order chi connectivity index (χ1) is 4.54. The zero-order valence-corrected chi connectivity index (χ0v) is 11.5. The minimum atomic E-state index is -1.06. The fraction of sp³-hybridized carbons (Fsp3) is 0.600. The standard InChI is InChI=1S/C5H9NO4.2Na/c1-3(5(9)10)6-2-4(7)8;;/h3,6H,2H2,1H3,(H,7,8)(H,9,10);;/t3-;;/m0../s1. The quantitative estimate of drug-likeness (QED) is 0.467. The molecule has 0 aromatic rings. The normalized spacial score (nSPS) is 10.4. The van der Waals surface area contributed by atoms with E-state index in [-0.39, 0.29) is 65.7 Å². The summed E-state index contributed by atoms with van der Waals surface area (Å²) in [5.74, 6) is -2.12. The molecule has 0 amide bonds. The zero-order chi connectivity index (χ0) is 8.15. The molecule has 0 bridgehead atoms. The predicted molar refractivity (Wildman–Crippen MR) is 44.2 cm³/mol. The van der Waals surface area contributed by atoms with E-state index in [2.05, 4.69) is 5.32 Å². The number of carboxylic acid groups (broad SMARTS) is 2. The molecule has 0 heterocycles. The Bertz CT molecular complexity index is 152. The monoisotopic (exact) mass is 193 g/mol. The van der Waals surface area contributed by atoms with E-state index >= 15 is 0 Å². The smallest absolute Gasteiger partial charge is 0.320 e. The molecule has 0 aromatic carbocycles. The third-order valence-electron chi connectivity index (χ3n) is 0.930.